The molecule has 7 heteroatoms. The highest BCUT2D eigenvalue weighted by Crippen LogP contribution is 2.19. The van der Waals surface area contributed by atoms with E-state index in [0.717, 1.165) is 16.8 Å². The van der Waals surface area contributed by atoms with E-state index in [2.05, 4.69) is 15.1 Å². The van der Waals surface area contributed by atoms with Gasteiger partial charge in [0.2, 0.25) is 5.82 Å². The summed E-state index contributed by atoms with van der Waals surface area (Å²) in [4.78, 5) is 19.4. The van der Waals surface area contributed by atoms with Crippen LogP contribution in [0.2, 0.25) is 0 Å². The van der Waals surface area contributed by atoms with E-state index in [0.29, 0.717) is 30.8 Å². The van der Waals surface area contributed by atoms with Crippen LogP contribution in [-0.2, 0) is 17.8 Å². The Labute approximate surface area is 148 Å². The lowest BCUT2D eigenvalue weighted by Gasteiger charge is -2.15. The van der Waals surface area contributed by atoms with Gasteiger partial charge in [-0.15, -0.1) is 0 Å². The number of nitrogens with zero attached hydrogens (tertiary/aromatic N) is 2. The van der Waals surface area contributed by atoms with Crippen molar-refractivity contribution in [1.29, 1.82) is 0 Å². The molecule has 1 aromatic carbocycles. The van der Waals surface area contributed by atoms with E-state index in [1.165, 1.54) is 6.07 Å². The largest absolute Gasteiger partial charge is 0.376 e. The van der Waals surface area contributed by atoms with Gasteiger partial charge < -0.3 is 14.2 Å². The molecule has 132 valence electrons. The van der Waals surface area contributed by atoms with E-state index in [4.69, 9.17) is 9.26 Å². The van der Waals surface area contributed by atoms with Gasteiger partial charge in [0, 0.05) is 18.2 Å². The van der Waals surface area contributed by atoms with Crippen molar-refractivity contribution in [3.8, 4) is 11.4 Å². The van der Waals surface area contributed by atoms with Gasteiger partial charge in [-0.1, -0.05) is 11.2 Å². The van der Waals surface area contributed by atoms with Gasteiger partial charge in [0.1, 0.15) is 5.82 Å². The van der Waals surface area contributed by atoms with Crippen LogP contribution in [-0.4, -0.2) is 21.7 Å². The third-order valence-corrected chi connectivity index (χ3v) is 4.25. The van der Waals surface area contributed by atoms with Crippen molar-refractivity contribution < 1.29 is 13.7 Å². The zero-order valence-electron chi connectivity index (χ0n) is 14.1. The topological polar surface area (TPSA) is 81.0 Å². The highest BCUT2D eigenvalue weighted by molar-refractivity contribution is 5.67. The molecular formula is C19H16FN3O3. The third kappa shape index (κ3) is 3.21. The predicted molar refractivity (Wildman–Crippen MR) is 93.8 cm³/mol. The molecule has 1 aliphatic heterocycles. The molecule has 0 radical (unpaired) electrons. The Bertz CT molecular complexity index is 1050. The Morgan fingerprint density at radius 3 is 3.00 bits per heavy atom. The summed E-state index contributed by atoms with van der Waals surface area (Å²) in [7, 11) is 0. The first-order valence-corrected chi connectivity index (χ1v) is 8.21. The first kappa shape index (κ1) is 16.4. The average molecular weight is 353 g/mol. The molecule has 1 N–H and O–H groups in total. The lowest BCUT2D eigenvalue weighted by Crippen LogP contribution is -2.19. The Hall–Kier alpha value is -3.06. The predicted octanol–water partition coefficient (Wildman–Crippen LogP) is 3.12. The molecule has 4 rings (SSSR count). The summed E-state index contributed by atoms with van der Waals surface area (Å²) in [6.45, 7) is 2.75. The fourth-order valence-electron chi connectivity index (χ4n) is 2.84. The number of fused-ring (bicyclic) bond motifs is 1. The molecule has 0 amide bonds. The number of nitrogens with one attached hydrogen (secondary N) is 1. The van der Waals surface area contributed by atoms with E-state index in [1.807, 2.05) is 0 Å². The number of ether oxygens (including phenoxy) is 1. The first-order valence-electron chi connectivity index (χ1n) is 8.21. The minimum Gasteiger partial charge on any atom is -0.376 e. The van der Waals surface area contributed by atoms with Crippen molar-refractivity contribution in [3.05, 3.63) is 68.7 Å². The van der Waals surface area contributed by atoms with Crippen molar-refractivity contribution >= 4 is 12.2 Å². The SMILES string of the molecule is Cc1cc(/C=C/c2nc(-c3cc4c([nH]c3=O)CCOC4)no2)ccc1F. The average Bonchev–Trinajstić information content (AvgIpc) is 3.11. The fraction of sp³-hybridized carbons (Fsp3) is 0.211. The number of hydrogen-bond donors (Lipinski definition) is 1. The summed E-state index contributed by atoms with van der Waals surface area (Å²) >= 11 is 0. The van der Waals surface area contributed by atoms with Gasteiger partial charge in [0.15, 0.2) is 0 Å². The number of halogens is 1. The molecule has 26 heavy (non-hydrogen) atoms. The standard InChI is InChI=1S/C19H16FN3O3/c1-11-8-12(2-4-15(11)20)3-5-17-22-18(23-26-17)14-9-13-10-25-7-6-16(13)21-19(14)24/h2-5,8-9H,6-7,10H2,1H3,(H,21,24)/b5-3+. The molecule has 0 atom stereocenters. The number of aromatic nitrogens is 3. The smallest absolute Gasteiger partial charge is 0.259 e. The Kier molecular flexibility index (Phi) is 4.22. The number of pyridine rings is 1. The second-order valence-corrected chi connectivity index (χ2v) is 6.12. The summed E-state index contributed by atoms with van der Waals surface area (Å²) in [6, 6.07) is 6.53. The van der Waals surface area contributed by atoms with Crippen LogP contribution >= 0.6 is 0 Å². The van der Waals surface area contributed by atoms with E-state index in [1.54, 1.807) is 37.3 Å². The van der Waals surface area contributed by atoms with Gasteiger partial charge in [-0.25, -0.2) is 4.39 Å². The molecule has 0 fully saturated rings. The number of hydrogen-bond acceptors (Lipinski definition) is 5. The monoisotopic (exact) mass is 353 g/mol. The lowest BCUT2D eigenvalue weighted by atomic mass is 10.1. The molecule has 0 saturated carbocycles. The van der Waals surface area contributed by atoms with Gasteiger partial charge in [-0.2, -0.15) is 4.98 Å². The minimum absolute atomic E-state index is 0.217. The second-order valence-electron chi connectivity index (χ2n) is 6.12. The van der Waals surface area contributed by atoms with E-state index in [9.17, 15) is 9.18 Å². The molecule has 0 saturated heterocycles. The quantitative estimate of drug-likeness (QED) is 0.782. The molecule has 3 heterocycles. The molecular weight excluding hydrogens is 337 g/mol. The number of H-pyrrole nitrogens is 1. The van der Waals surface area contributed by atoms with Gasteiger partial charge in [-0.05, 0) is 47.9 Å². The molecule has 1 aliphatic rings. The molecule has 0 aliphatic carbocycles. The van der Waals surface area contributed by atoms with E-state index < -0.39 is 0 Å². The Morgan fingerprint density at radius 2 is 2.15 bits per heavy atom. The van der Waals surface area contributed by atoms with Gasteiger partial charge in [0.05, 0.1) is 18.8 Å². The highest BCUT2D eigenvalue weighted by Gasteiger charge is 2.17. The summed E-state index contributed by atoms with van der Waals surface area (Å²) < 4.78 is 23.9. The van der Waals surface area contributed by atoms with Gasteiger partial charge in [-0.3, -0.25) is 4.79 Å². The maximum Gasteiger partial charge on any atom is 0.259 e. The maximum atomic E-state index is 13.3. The molecule has 0 unspecified atom stereocenters. The Balaban J connectivity index is 1.61. The van der Waals surface area contributed by atoms with Crippen molar-refractivity contribution in [3.63, 3.8) is 0 Å². The van der Waals surface area contributed by atoms with Crippen molar-refractivity contribution in [2.45, 2.75) is 20.0 Å². The van der Waals surface area contributed by atoms with E-state index in [-0.39, 0.29) is 23.1 Å². The summed E-state index contributed by atoms with van der Waals surface area (Å²) in [5, 5.41) is 3.88. The summed E-state index contributed by atoms with van der Waals surface area (Å²) in [6.07, 6.45) is 4.05. The van der Waals surface area contributed by atoms with Crippen molar-refractivity contribution in [2.75, 3.05) is 6.61 Å². The van der Waals surface area contributed by atoms with Gasteiger partial charge >= 0.3 is 0 Å². The van der Waals surface area contributed by atoms with Crippen LogP contribution in [0, 0.1) is 12.7 Å². The molecule has 3 aromatic rings. The van der Waals surface area contributed by atoms with Crippen LogP contribution in [0.5, 0.6) is 0 Å². The molecule has 0 spiro atoms. The summed E-state index contributed by atoms with van der Waals surface area (Å²) in [5.41, 5.74) is 3.27. The Morgan fingerprint density at radius 1 is 1.27 bits per heavy atom. The van der Waals surface area contributed by atoms with Crippen LogP contribution in [0.15, 0.2) is 33.6 Å². The second kappa shape index (κ2) is 6.68. The van der Waals surface area contributed by atoms with Crippen molar-refractivity contribution in [2.24, 2.45) is 0 Å². The number of aryl methyl sites for hydroxylation is 1. The molecule has 0 bridgehead atoms. The lowest BCUT2D eigenvalue weighted by molar-refractivity contribution is 0.109. The van der Waals surface area contributed by atoms with Gasteiger partial charge in [0.25, 0.3) is 11.4 Å². The summed E-state index contributed by atoms with van der Waals surface area (Å²) in [5.74, 6) is 0.225. The molecule has 2 aromatic heterocycles. The van der Waals surface area contributed by atoms with Crippen LogP contribution in [0.3, 0.4) is 0 Å². The number of aromatic amines is 1. The van der Waals surface area contributed by atoms with E-state index >= 15 is 0 Å². The zero-order chi connectivity index (χ0) is 18.1. The first-order chi connectivity index (χ1) is 12.6. The zero-order valence-corrected chi connectivity index (χ0v) is 14.1. The van der Waals surface area contributed by atoms with Crippen LogP contribution in [0.4, 0.5) is 4.39 Å². The molecule has 6 nitrogen and oxygen atoms in total. The van der Waals surface area contributed by atoms with Crippen LogP contribution in [0.1, 0.15) is 28.3 Å². The maximum absolute atomic E-state index is 13.3. The highest BCUT2D eigenvalue weighted by atomic mass is 19.1. The van der Waals surface area contributed by atoms with Crippen LogP contribution in [0.25, 0.3) is 23.5 Å². The third-order valence-electron chi connectivity index (χ3n) is 4.25. The number of rotatable bonds is 3. The fourth-order valence-corrected chi connectivity index (χ4v) is 2.84. The van der Waals surface area contributed by atoms with Crippen LogP contribution < -0.4 is 5.56 Å². The number of benzene rings is 1. The van der Waals surface area contributed by atoms with Crippen molar-refractivity contribution in [1.82, 2.24) is 15.1 Å². The minimum atomic E-state index is -0.254. The normalized spacial score (nSPS) is 13.9.